The molecule has 18 heavy (non-hydrogen) atoms. The molecule has 1 aliphatic carbocycles. The zero-order valence-electron chi connectivity index (χ0n) is 12.1. The lowest BCUT2D eigenvalue weighted by atomic mass is 9.75. The van der Waals surface area contributed by atoms with Gasteiger partial charge in [0.1, 0.15) is 0 Å². The van der Waals surface area contributed by atoms with E-state index in [1.54, 1.807) is 0 Å². The van der Waals surface area contributed by atoms with Crippen LogP contribution in [0.4, 0.5) is 0 Å². The summed E-state index contributed by atoms with van der Waals surface area (Å²) in [6.07, 6.45) is 7.27. The van der Waals surface area contributed by atoms with Crippen LogP contribution in [0.25, 0.3) is 0 Å². The van der Waals surface area contributed by atoms with E-state index in [2.05, 4.69) is 11.8 Å². The minimum absolute atomic E-state index is 0.490. The standard InChI is InChI=1S/C15H30N2O/c1-3-12-5-6-13(10-16)14(9-12)17-8-4-7-15(2,18)11-17/h12-14,18H,3-11,16H2,1-2H3. The van der Waals surface area contributed by atoms with Crippen LogP contribution >= 0.6 is 0 Å². The van der Waals surface area contributed by atoms with Gasteiger partial charge in [-0.05, 0) is 57.5 Å². The first kappa shape index (κ1) is 14.3. The van der Waals surface area contributed by atoms with Gasteiger partial charge in [0.2, 0.25) is 0 Å². The van der Waals surface area contributed by atoms with Crippen LogP contribution in [0.5, 0.6) is 0 Å². The molecule has 1 saturated carbocycles. The van der Waals surface area contributed by atoms with Crippen LogP contribution in [0.1, 0.15) is 52.4 Å². The summed E-state index contributed by atoms with van der Waals surface area (Å²) in [5, 5.41) is 10.3. The van der Waals surface area contributed by atoms with Gasteiger partial charge in [0, 0.05) is 12.6 Å². The Morgan fingerprint density at radius 2 is 2.17 bits per heavy atom. The van der Waals surface area contributed by atoms with Crippen molar-refractivity contribution in [1.29, 1.82) is 0 Å². The minimum atomic E-state index is -0.490. The summed E-state index contributed by atoms with van der Waals surface area (Å²) >= 11 is 0. The van der Waals surface area contributed by atoms with Crippen LogP contribution in [0, 0.1) is 11.8 Å². The number of aliphatic hydroxyl groups is 1. The van der Waals surface area contributed by atoms with Gasteiger partial charge in [0.05, 0.1) is 5.60 Å². The molecule has 0 aromatic heterocycles. The zero-order chi connectivity index (χ0) is 13.2. The Balaban J connectivity index is 2.03. The molecule has 3 nitrogen and oxygen atoms in total. The number of nitrogens with zero attached hydrogens (tertiary/aromatic N) is 1. The van der Waals surface area contributed by atoms with E-state index in [1.165, 1.54) is 25.7 Å². The Morgan fingerprint density at radius 1 is 1.39 bits per heavy atom. The second-order valence-corrected chi connectivity index (χ2v) is 6.72. The number of piperidine rings is 1. The van der Waals surface area contributed by atoms with E-state index < -0.39 is 5.60 Å². The van der Waals surface area contributed by atoms with Crippen LogP contribution in [0.3, 0.4) is 0 Å². The minimum Gasteiger partial charge on any atom is -0.389 e. The van der Waals surface area contributed by atoms with E-state index >= 15 is 0 Å². The monoisotopic (exact) mass is 254 g/mol. The summed E-state index contributed by atoms with van der Waals surface area (Å²) in [7, 11) is 0. The van der Waals surface area contributed by atoms with Crippen molar-refractivity contribution in [3.63, 3.8) is 0 Å². The van der Waals surface area contributed by atoms with E-state index in [1.807, 2.05) is 6.92 Å². The Bertz CT molecular complexity index is 267. The van der Waals surface area contributed by atoms with Crippen molar-refractivity contribution in [2.45, 2.75) is 64.0 Å². The number of rotatable bonds is 3. The summed E-state index contributed by atoms with van der Waals surface area (Å²) < 4.78 is 0. The smallest absolute Gasteiger partial charge is 0.0746 e. The van der Waals surface area contributed by atoms with Crippen molar-refractivity contribution in [3.05, 3.63) is 0 Å². The van der Waals surface area contributed by atoms with Gasteiger partial charge in [-0.2, -0.15) is 0 Å². The van der Waals surface area contributed by atoms with Gasteiger partial charge in [0.25, 0.3) is 0 Å². The fourth-order valence-corrected chi connectivity index (χ4v) is 3.93. The fraction of sp³-hybridized carbons (Fsp3) is 1.00. The van der Waals surface area contributed by atoms with Gasteiger partial charge in [-0.1, -0.05) is 19.8 Å². The summed E-state index contributed by atoms with van der Waals surface area (Å²) in [6.45, 7) is 7.08. The second-order valence-electron chi connectivity index (χ2n) is 6.72. The van der Waals surface area contributed by atoms with Gasteiger partial charge in [-0.3, -0.25) is 4.90 Å². The number of likely N-dealkylation sites (tertiary alicyclic amines) is 1. The van der Waals surface area contributed by atoms with E-state index in [0.29, 0.717) is 12.0 Å². The molecule has 1 saturated heterocycles. The van der Waals surface area contributed by atoms with Crippen molar-refractivity contribution in [1.82, 2.24) is 4.90 Å². The Kier molecular flexibility index (Phi) is 4.68. The third kappa shape index (κ3) is 3.25. The quantitative estimate of drug-likeness (QED) is 0.810. The van der Waals surface area contributed by atoms with Gasteiger partial charge >= 0.3 is 0 Å². The highest BCUT2D eigenvalue weighted by Crippen LogP contribution is 2.35. The summed E-state index contributed by atoms with van der Waals surface area (Å²) in [5.74, 6) is 1.51. The summed E-state index contributed by atoms with van der Waals surface area (Å²) in [6, 6.07) is 0.612. The first-order valence-corrected chi connectivity index (χ1v) is 7.72. The average molecular weight is 254 g/mol. The second kappa shape index (κ2) is 5.89. The topological polar surface area (TPSA) is 49.5 Å². The molecule has 4 atom stereocenters. The van der Waals surface area contributed by atoms with Gasteiger partial charge < -0.3 is 10.8 Å². The third-order valence-corrected chi connectivity index (χ3v) is 5.12. The molecule has 0 spiro atoms. The Labute approximate surface area is 112 Å². The third-order valence-electron chi connectivity index (χ3n) is 5.12. The molecule has 2 aliphatic rings. The molecule has 3 heteroatoms. The molecule has 0 aromatic carbocycles. The first-order chi connectivity index (χ1) is 8.55. The molecule has 0 aromatic rings. The molecule has 0 bridgehead atoms. The number of β-amino-alcohol motifs (C(OH)–C–C–N with tert-alkyl or cyclic N) is 1. The number of hydrogen-bond acceptors (Lipinski definition) is 3. The molecule has 3 N–H and O–H groups in total. The van der Waals surface area contributed by atoms with E-state index in [-0.39, 0.29) is 0 Å². The molecule has 4 unspecified atom stereocenters. The molecule has 0 radical (unpaired) electrons. The molecule has 1 heterocycles. The Hall–Kier alpha value is -0.120. The van der Waals surface area contributed by atoms with Crippen molar-refractivity contribution in [3.8, 4) is 0 Å². The van der Waals surface area contributed by atoms with Crippen molar-refractivity contribution >= 4 is 0 Å². The highest BCUT2D eigenvalue weighted by molar-refractivity contribution is 4.92. The predicted molar refractivity (Wildman–Crippen MR) is 75.4 cm³/mol. The lowest BCUT2D eigenvalue weighted by Gasteiger charge is -2.47. The first-order valence-electron chi connectivity index (χ1n) is 7.72. The molecule has 2 fully saturated rings. The highest BCUT2D eigenvalue weighted by Gasteiger charge is 2.37. The van der Waals surface area contributed by atoms with Crippen LogP contribution < -0.4 is 5.73 Å². The van der Waals surface area contributed by atoms with E-state index in [9.17, 15) is 5.11 Å². The average Bonchev–Trinajstić information content (AvgIpc) is 2.36. The maximum atomic E-state index is 10.3. The predicted octanol–water partition coefficient (Wildman–Crippen LogP) is 1.99. The summed E-state index contributed by atoms with van der Waals surface area (Å²) in [4.78, 5) is 2.53. The van der Waals surface area contributed by atoms with Gasteiger partial charge in [-0.15, -0.1) is 0 Å². The fourth-order valence-electron chi connectivity index (χ4n) is 3.93. The van der Waals surface area contributed by atoms with Crippen LogP contribution in [0.15, 0.2) is 0 Å². The lowest BCUT2D eigenvalue weighted by molar-refractivity contribution is -0.0490. The molecular weight excluding hydrogens is 224 g/mol. The van der Waals surface area contributed by atoms with Gasteiger partial charge in [-0.25, -0.2) is 0 Å². The van der Waals surface area contributed by atoms with Crippen LogP contribution in [0.2, 0.25) is 0 Å². The van der Waals surface area contributed by atoms with E-state index in [4.69, 9.17) is 5.73 Å². The zero-order valence-corrected chi connectivity index (χ0v) is 12.1. The summed E-state index contributed by atoms with van der Waals surface area (Å²) in [5.41, 5.74) is 5.48. The number of nitrogens with two attached hydrogens (primary N) is 1. The van der Waals surface area contributed by atoms with Crippen molar-refractivity contribution < 1.29 is 5.11 Å². The lowest BCUT2D eigenvalue weighted by Crippen LogP contribution is -2.54. The Morgan fingerprint density at radius 3 is 2.78 bits per heavy atom. The van der Waals surface area contributed by atoms with Crippen molar-refractivity contribution in [2.75, 3.05) is 19.6 Å². The van der Waals surface area contributed by atoms with E-state index in [0.717, 1.165) is 38.4 Å². The highest BCUT2D eigenvalue weighted by atomic mass is 16.3. The molecular formula is C15H30N2O. The largest absolute Gasteiger partial charge is 0.389 e. The van der Waals surface area contributed by atoms with Crippen LogP contribution in [-0.4, -0.2) is 41.3 Å². The van der Waals surface area contributed by atoms with Crippen LogP contribution in [-0.2, 0) is 0 Å². The maximum absolute atomic E-state index is 10.3. The van der Waals surface area contributed by atoms with Gasteiger partial charge in [0.15, 0.2) is 0 Å². The number of hydrogen-bond donors (Lipinski definition) is 2. The SMILES string of the molecule is CCC1CCC(CN)C(N2CCCC(C)(O)C2)C1. The molecule has 1 aliphatic heterocycles. The van der Waals surface area contributed by atoms with Crippen molar-refractivity contribution in [2.24, 2.45) is 17.6 Å². The maximum Gasteiger partial charge on any atom is 0.0746 e. The normalized spacial score (nSPS) is 43.0. The molecule has 0 amide bonds. The molecule has 2 rings (SSSR count). The molecule has 106 valence electrons.